The first kappa shape index (κ1) is 13.0. The van der Waals surface area contributed by atoms with Gasteiger partial charge >= 0.3 is 0 Å². The minimum atomic E-state index is -1.36. The molecule has 6 nitrogen and oxygen atoms in total. The Hall–Kier alpha value is -0.980. The van der Waals surface area contributed by atoms with E-state index < -0.39 is 18.4 Å². The molecular weight excluding hydrogens is 190 g/mol. The summed E-state index contributed by atoms with van der Waals surface area (Å²) in [4.78, 5) is 21.1. The van der Waals surface area contributed by atoms with Gasteiger partial charge in [0.2, 0.25) is 5.91 Å². The van der Waals surface area contributed by atoms with Crippen LogP contribution in [0.25, 0.3) is 0 Å². The number of carbonyl (C=O) groups is 2. The van der Waals surface area contributed by atoms with Gasteiger partial charge in [-0.25, -0.2) is 0 Å². The molecule has 1 amide bonds. The lowest BCUT2D eigenvalue weighted by atomic mass is 10.1. The van der Waals surface area contributed by atoms with Crippen molar-refractivity contribution in [3.8, 4) is 0 Å². The maximum Gasteiger partial charge on any atom is 0.217 e. The number of aldehydes is 1. The molecule has 0 fully saturated rings. The Morgan fingerprint density at radius 2 is 1.93 bits per heavy atom. The van der Waals surface area contributed by atoms with Crippen LogP contribution in [-0.2, 0) is 19.1 Å². The smallest absolute Gasteiger partial charge is 0.217 e. The topological polar surface area (TPSA) is 84.9 Å². The lowest BCUT2D eigenvalue weighted by Gasteiger charge is -2.26. The van der Waals surface area contributed by atoms with Crippen LogP contribution < -0.4 is 5.32 Å². The third-order valence-electron chi connectivity index (χ3n) is 1.64. The van der Waals surface area contributed by atoms with Crippen molar-refractivity contribution < 1.29 is 24.2 Å². The third kappa shape index (κ3) is 3.82. The molecule has 0 aliphatic rings. The van der Waals surface area contributed by atoms with E-state index in [0.717, 1.165) is 0 Å². The van der Waals surface area contributed by atoms with E-state index in [-0.39, 0.29) is 5.91 Å². The van der Waals surface area contributed by atoms with Crippen molar-refractivity contribution in [2.75, 3.05) is 14.2 Å². The van der Waals surface area contributed by atoms with Crippen molar-refractivity contribution in [2.45, 2.75) is 25.4 Å². The predicted molar refractivity (Wildman–Crippen MR) is 47.5 cm³/mol. The highest BCUT2D eigenvalue weighted by Crippen LogP contribution is 2.03. The van der Waals surface area contributed by atoms with Crippen LogP contribution in [0.1, 0.15) is 6.92 Å². The summed E-state index contributed by atoms with van der Waals surface area (Å²) in [5.74, 6) is -0.380. The fraction of sp³-hybridized carbons (Fsp3) is 0.750. The van der Waals surface area contributed by atoms with E-state index in [1.54, 1.807) is 0 Å². The summed E-state index contributed by atoms with van der Waals surface area (Å²) in [6.07, 6.45) is -1.91. The maximum atomic E-state index is 10.8. The summed E-state index contributed by atoms with van der Waals surface area (Å²) >= 11 is 0. The van der Waals surface area contributed by atoms with Gasteiger partial charge in [0.15, 0.2) is 12.6 Å². The van der Waals surface area contributed by atoms with Crippen molar-refractivity contribution in [1.29, 1.82) is 0 Å². The number of carbonyl (C=O) groups excluding carboxylic acids is 2. The van der Waals surface area contributed by atoms with Gasteiger partial charge in [0, 0.05) is 21.1 Å². The molecule has 0 aromatic heterocycles. The molecule has 14 heavy (non-hydrogen) atoms. The second kappa shape index (κ2) is 6.47. The molecule has 82 valence electrons. The monoisotopic (exact) mass is 205 g/mol. The van der Waals surface area contributed by atoms with Crippen LogP contribution in [-0.4, -0.2) is 50.0 Å². The van der Waals surface area contributed by atoms with Crippen LogP contribution >= 0.6 is 0 Å². The van der Waals surface area contributed by atoms with Crippen LogP contribution in [0.2, 0.25) is 0 Å². The van der Waals surface area contributed by atoms with Gasteiger partial charge in [0.1, 0.15) is 12.1 Å². The minimum absolute atomic E-state index is 0.311. The molecule has 0 radical (unpaired) electrons. The number of aliphatic hydroxyl groups is 1. The van der Waals surface area contributed by atoms with Crippen LogP contribution in [0.3, 0.4) is 0 Å². The van der Waals surface area contributed by atoms with Crippen molar-refractivity contribution in [3.05, 3.63) is 0 Å². The molecule has 0 spiro atoms. The number of ether oxygens (including phenoxy) is 2. The second-order valence-corrected chi connectivity index (χ2v) is 2.69. The van der Waals surface area contributed by atoms with E-state index in [2.05, 4.69) is 5.32 Å². The molecule has 0 rings (SSSR count). The van der Waals surface area contributed by atoms with Crippen LogP contribution in [0.15, 0.2) is 0 Å². The van der Waals surface area contributed by atoms with Crippen molar-refractivity contribution in [1.82, 2.24) is 5.32 Å². The van der Waals surface area contributed by atoms with E-state index >= 15 is 0 Å². The molecule has 0 aliphatic heterocycles. The Morgan fingerprint density at radius 1 is 1.43 bits per heavy atom. The molecule has 0 saturated carbocycles. The molecule has 2 N–H and O–H groups in total. The van der Waals surface area contributed by atoms with E-state index in [4.69, 9.17) is 9.47 Å². The Labute approximate surface area is 82.2 Å². The molecule has 0 aromatic carbocycles. The van der Waals surface area contributed by atoms with Gasteiger partial charge in [-0.15, -0.1) is 0 Å². The number of amides is 1. The number of hydrogen-bond acceptors (Lipinski definition) is 5. The molecule has 2 unspecified atom stereocenters. The fourth-order valence-electron chi connectivity index (χ4n) is 1.02. The molecule has 2 atom stereocenters. The summed E-state index contributed by atoms with van der Waals surface area (Å²) in [6.45, 7) is 1.27. The maximum absolute atomic E-state index is 10.8. The Balaban J connectivity index is 4.50. The van der Waals surface area contributed by atoms with Crippen molar-refractivity contribution >= 4 is 12.2 Å². The van der Waals surface area contributed by atoms with Gasteiger partial charge in [-0.2, -0.15) is 0 Å². The highest BCUT2D eigenvalue weighted by atomic mass is 16.7. The Morgan fingerprint density at radius 3 is 2.21 bits per heavy atom. The fourth-order valence-corrected chi connectivity index (χ4v) is 1.02. The first-order valence-corrected chi connectivity index (χ1v) is 4.02. The van der Waals surface area contributed by atoms with E-state index in [1.807, 2.05) is 0 Å². The highest BCUT2D eigenvalue weighted by Gasteiger charge is 2.28. The zero-order chi connectivity index (χ0) is 11.1. The summed E-state index contributed by atoms with van der Waals surface area (Å²) in [7, 11) is 2.70. The Bertz CT molecular complexity index is 192. The average Bonchev–Trinajstić information content (AvgIpc) is 2.16. The molecule has 0 aliphatic carbocycles. The van der Waals surface area contributed by atoms with E-state index in [1.165, 1.54) is 21.1 Å². The largest absolute Gasteiger partial charge is 0.383 e. The lowest BCUT2D eigenvalue weighted by Crippen LogP contribution is -2.52. The number of methoxy groups -OCH3 is 2. The zero-order valence-corrected chi connectivity index (χ0v) is 8.39. The molecule has 0 aromatic rings. The molecule has 6 heteroatoms. The average molecular weight is 205 g/mol. The number of rotatable bonds is 6. The lowest BCUT2D eigenvalue weighted by molar-refractivity contribution is -0.153. The summed E-state index contributed by atoms with van der Waals surface area (Å²) in [6, 6.07) is -0.903. The number of aliphatic hydroxyl groups excluding tert-OH is 1. The second-order valence-electron chi connectivity index (χ2n) is 2.69. The summed E-state index contributed by atoms with van der Waals surface area (Å²) in [5.41, 5.74) is 0. The summed E-state index contributed by atoms with van der Waals surface area (Å²) in [5, 5.41) is 11.6. The number of nitrogens with one attached hydrogen (secondary N) is 1. The number of hydrogen-bond donors (Lipinski definition) is 2. The zero-order valence-electron chi connectivity index (χ0n) is 8.39. The first-order valence-electron chi connectivity index (χ1n) is 4.02. The van der Waals surface area contributed by atoms with Crippen molar-refractivity contribution in [2.24, 2.45) is 0 Å². The molecule has 0 saturated heterocycles. The van der Waals surface area contributed by atoms with Gasteiger partial charge in [-0.05, 0) is 0 Å². The van der Waals surface area contributed by atoms with E-state index in [0.29, 0.717) is 6.29 Å². The third-order valence-corrected chi connectivity index (χ3v) is 1.64. The quantitative estimate of drug-likeness (QED) is 0.414. The van der Waals surface area contributed by atoms with Gasteiger partial charge in [0.05, 0.1) is 0 Å². The van der Waals surface area contributed by atoms with Crippen molar-refractivity contribution in [3.63, 3.8) is 0 Å². The molecule has 0 bridgehead atoms. The van der Waals surface area contributed by atoms with Crippen LogP contribution in [0, 0.1) is 0 Å². The SMILES string of the molecule is COC(OC)C(NC(C)=O)C(O)C=O. The van der Waals surface area contributed by atoms with E-state index in [9.17, 15) is 14.7 Å². The van der Waals surface area contributed by atoms with Gasteiger partial charge < -0.3 is 24.7 Å². The van der Waals surface area contributed by atoms with Crippen LogP contribution in [0.4, 0.5) is 0 Å². The normalized spacial score (nSPS) is 14.9. The van der Waals surface area contributed by atoms with Gasteiger partial charge in [-0.3, -0.25) is 4.79 Å². The highest BCUT2D eigenvalue weighted by molar-refractivity contribution is 5.74. The van der Waals surface area contributed by atoms with Gasteiger partial charge in [-0.1, -0.05) is 0 Å². The van der Waals surface area contributed by atoms with Gasteiger partial charge in [0.25, 0.3) is 0 Å². The van der Waals surface area contributed by atoms with Crippen LogP contribution in [0.5, 0.6) is 0 Å². The molecule has 0 heterocycles. The molecular formula is C8H15NO5. The summed E-state index contributed by atoms with van der Waals surface area (Å²) < 4.78 is 9.66. The standard InChI is InChI=1S/C8H15NO5/c1-5(11)9-7(6(12)4-10)8(13-2)14-3/h4,6-8,12H,1-3H3,(H,9,11). The Kier molecular flexibility index (Phi) is 6.02. The predicted octanol–water partition coefficient (Wildman–Crippen LogP) is -1.33. The first-order chi connectivity index (χ1) is 6.56. The minimum Gasteiger partial charge on any atom is -0.383 e.